The minimum absolute atomic E-state index is 0.897. The van der Waals surface area contributed by atoms with E-state index < -0.39 is 0 Å². The largest absolute Gasteiger partial charge is 0.456 e. The lowest BCUT2D eigenvalue weighted by atomic mass is 9.91. The average molecular weight is 770 g/mol. The van der Waals surface area contributed by atoms with Crippen molar-refractivity contribution in [2.24, 2.45) is 0 Å². The molecular formula is C56H35NOS. The number of hydrogen-bond donors (Lipinski definition) is 0. The van der Waals surface area contributed by atoms with Crippen molar-refractivity contribution in [1.29, 1.82) is 0 Å². The summed E-state index contributed by atoms with van der Waals surface area (Å²) in [5.74, 6) is 0. The van der Waals surface area contributed by atoms with Crippen molar-refractivity contribution in [2.75, 3.05) is 4.90 Å². The van der Waals surface area contributed by atoms with Gasteiger partial charge < -0.3 is 9.32 Å². The molecule has 3 heteroatoms. The van der Waals surface area contributed by atoms with Gasteiger partial charge in [-0.2, -0.15) is 0 Å². The molecule has 2 nitrogen and oxygen atoms in total. The van der Waals surface area contributed by atoms with E-state index in [1.165, 1.54) is 58.4 Å². The van der Waals surface area contributed by atoms with Crippen LogP contribution in [0.3, 0.4) is 0 Å². The Hall–Kier alpha value is -7.46. The molecule has 0 aliphatic heterocycles. The second-order valence-corrected chi connectivity index (χ2v) is 16.3. The maximum Gasteiger partial charge on any atom is 0.135 e. The van der Waals surface area contributed by atoms with E-state index in [0.717, 1.165) is 55.7 Å². The predicted octanol–water partition coefficient (Wildman–Crippen LogP) is 16.7. The van der Waals surface area contributed by atoms with Crippen LogP contribution in [0.5, 0.6) is 0 Å². The Morgan fingerprint density at radius 3 is 1.90 bits per heavy atom. The van der Waals surface area contributed by atoms with Crippen LogP contribution in [0.15, 0.2) is 217 Å². The van der Waals surface area contributed by atoms with Gasteiger partial charge in [0, 0.05) is 42.2 Å². The van der Waals surface area contributed by atoms with Gasteiger partial charge in [-0.05, 0) is 110 Å². The van der Waals surface area contributed by atoms with Gasteiger partial charge in [-0.3, -0.25) is 0 Å². The maximum absolute atomic E-state index is 6.24. The summed E-state index contributed by atoms with van der Waals surface area (Å²) in [7, 11) is 0. The van der Waals surface area contributed by atoms with Gasteiger partial charge in [0.15, 0.2) is 0 Å². The minimum atomic E-state index is 0.897. The van der Waals surface area contributed by atoms with Crippen LogP contribution >= 0.6 is 11.3 Å². The molecule has 0 N–H and O–H groups in total. The summed E-state index contributed by atoms with van der Waals surface area (Å²) in [6, 6.07) is 77.3. The zero-order chi connectivity index (χ0) is 38.9. The number of benzene rings is 10. The number of para-hydroxylation sites is 1. The van der Waals surface area contributed by atoms with Gasteiger partial charge in [0.25, 0.3) is 0 Å². The molecule has 0 radical (unpaired) electrons. The molecular weight excluding hydrogens is 735 g/mol. The number of furan rings is 1. The molecule has 0 saturated heterocycles. The normalized spacial score (nSPS) is 11.7. The highest BCUT2D eigenvalue weighted by molar-refractivity contribution is 7.26. The third-order valence-corrected chi connectivity index (χ3v) is 13.0. The summed E-state index contributed by atoms with van der Waals surface area (Å²) in [5, 5.41) is 9.77. The third-order valence-electron chi connectivity index (χ3n) is 11.8. The Morgan fingerprint density at radius 2 is 1.00 bits per heavy atom. The molecule has 0 aliphatic carbocycles. The van der Waals surface area contributed by atoms with Crippen molar-refractivity contribution in [3.05, 3.63) is 212 Å². The van der Waals surface area contributed by atoms with E-state index in [1.807, 2.05) is 23.5 Å². The van der Waals surface area contributed by atoms with Crippen molar-refractivity contribution in [2.45, 2.75) is 0 Å². The second-order valence-electron chi connectivity index (χ2n) is 15.2. The molecule has 0 fully saturated rings. The number of nitrogens with zero attached hydrogens (tertiary/aromatic N) is 1. The molecule has 2 heterocycles. The summed E-state index contributed by atoms with van der Waals surface area (Å²) in [6.45, 7) is 0. The van der Waals surface area contributed by atoms with Crippen LogP contribution in [-0.2, 0) is 0 Å². The lowest BCUT2D eigenvalue weighted by Gasteiger charge is -2.30. The molecule has 0 amide bonds. The molecule has 276 valence electrons. The first-order valence-electron chi connectivity index (χ1n) is 20.1. The number of hydrogen-bond acceptors (Lipinski definition) is 3. The monoisotopic (exact) mass is 769 g/mol. The van der Waals surface area contributed by atoms with E-state index in [1.54, 1.807) is 0 Å². The molecule has 0 spiro atoms. The SMILES string of the molecule is c1ccc(-c2ccc(-c3cc4ccccc4c4ccccc34)cc2N(c2cccc(-c3ccc4oc5ccccc5c4c3)c2)c2cccc3sc4ccccc4c23)cc1. The van der Waals surface area contributed by atoms with Gasteiger partial charge in [-0.15, -0.1) is 11.3 Å². The zero-order valence-electron chi connectivity index (χ0n) is 32.0. The topological polar surface area (TPSA) is 16.4 Å². The molecule has 10 aromatic carbocycles. The van der Waals surface area contributed by atoms with Gasteiger partial charge in [0.2, 0.25) is 0 Å². The van der Waals surface area contributed by atoms with E-state index in [9.17, 15) is 0 Å². The van der Waals surface area contributed by atoms with Crippen LogP contribution in [-0.4, -0.2) is 0 Å². The molecule has 0 bridgehead atoms. The highest BCUT2D eigenvalue weighted by Gasteiger charge is 2.23. The van der Waals surface area contributed by atoms with Crippen LogP contribution in [0.4, 0.5) is 17.1 Å². The van der Waals surface area contributed by atoms with Crippen molar-refractivity contribution >= 4 is 92.1 Å². The highest BCUT2D eigenvalue weighted by Crippen LogP contribution is 2.49. The third kappa shape index (κ3) is 5.55. The van der Waals surface area contributed by atoms with Crippen molar-refractivity contribution in [1.82, 2.24) is 0 Å². The van der Waals surface area contributed by atoms with Crippen molar-refractivity contribution < 1.29 is 4.42 Å². The second kappa shape index (κ2) is 13.6. The molecule has 12 rings (SSSR count). The summed E-state index contributed by atoms with van der Waals surface area (Å²) >= 11 is 1.85. The van der Waals surface area contributed by atoms with E-state index in [2.05, 4.69) is 205 Å². The molecule has 2 aromatic heterocycles. The lowest BCUT2D eigenvalue weighted by Crippen LogP contribution is -2.12. The van der Waals surface area contributed by atoms with E-state index in [4.69, 9.17) is 4.42 Å². The Balaban J connectivity index is 1.15. The Bertz CT molecular complexity index is 3580. The number of thiophene rings is 1. The number of anilines is 3. The molecule has 12 aromatic rings. The molecule has 0 saturated carbocycles. The Morgan fingerprint density at radius 1 is 0.339 bits per heavy atom. The molecule has 0 unspecified atom stereocenters. The summed E-state index contributed by atoms with van der Waals surface area (Å²) in [4.78, 5) is 2.51. The van der Waals surface area contributed by atoms with E-state index in [0.29, 0.717) is 0 Å². The van der Waals surface area contributed by atoms with Gasteiger partial charge >= 0.3 is 0 Å². The van der Waals surface area contributed by atoms with Crippen LogP contribution in [0.1, 0.15) is 0 Å². The molecule has 0 atom stereocenters. The van der Waals surface area contributed by atoms with Crippen LogP contribution in [0, 0.1) is 0 Å². The van der Waals surface area contributed by atoms with Crippen molar-refractivity contribution in [3.63, 3.8) is 0 Å². The maximum atomic E-state index is 6.24. The van der Waals surface area contributed by atoms with Crippen LogP contribution < -0.4 is 4.90 Å². The molecule has 0 aliphatic rings. The smallest absolute Gasteiger partial charge is 0.135 e. The van der Waals surface area contributed by atoms with Gasteiger partial charge in [-0.25, -0.2) is 0 Å². The first-order chi connectivity index (χ1) is 29.2. The van der Waals surface area contributed by atoms with E-state index in [-0.39, 0.29) is 0 Å². The Labute approximate surface area is 345 Å². The van der Waals surface area contributed by atoms with E-state index >= 15 is 0 Å². The highest BCUT2D eigenvalue weighted by atomic mass is 32.1. The molecule has 59 heavy (non-hydrogen) atoms. The fraction of sp³-hybridized carbons (Fsp3) is 0. The zero-order valence-corrected chi connectivity index (χ0v) is 32.8. The first-order valence-corrected chi connectivity index (χ1v) is 20.9. The number of rotatable bonds is 6. The van der Waals surface area contributed by atoms with Crippen molar-refractivity contribution in [3.8, 4) is 33.4 Å². The predicted molar refractivity (Wildman–Crippen MR) is 253 cm³/mol. The van der Waals surface area contributed by atoms with Gasteiger partial charge in [0.05, 0.1) is 11.4 Å². The first kappa shape index (κ1) is 33.7. The quantitative estimate of drug-likeness (QED) is 0.157. The lowest BCUT2D eigenvalue weighted by molar-refractivity contribution is 0.669. The fourth-order valence-electron chi connectivity index (χ4n) is 9.12. The Kier molecular flexibility index (Phi) is 7.75. The summed E-state index contributed by atoms with van der Waals surface area (Å²) < 4.78 is 8.78. The summed E-state index contributed by atoms with van der Waals surface area (Å²) in [5.41, 5.74) is 12.1. The standard InChI is InChI=1S/C56H35NOS/c1-2-14-36(15-3-1)43-30-28-40(48-34-39-16-4-5-19-42(39)44-20-6-7-21-45(44)48)35-51(43)57(50-24-13-27-55-56(50)47-23-9-11-26-54(47)59-55)41-18-12-17-37(32-41)38-29-31-53-49(33-38)46-22-8-10-25-52(46)58-53/h1-35H. The number of fused-ring (bicyclic) bond motifs is 9. The average Bonchev–Trinajstić information content (AvgIpc) is 3.88. The fourth-order valence-corrected chi connectivity index (χ4v) is 10.2. The van der Waals surface area contributed by atoms with Gasteiger partial charge in [0.1, 0.15) is 11.2 Å². The van der Waals surface area contributed by atoms with Gasteiger partial charge in [-0.1, -0.05) is 152 Å². The van der Waals surface area contributed by atoms with Crippen LogP contribution in [0.25, 0.3) is 97.0 Å². The summed E-state index contributed by atoms with van der Waals surface area (Å²) in [6.07, 6.45) is 0. The van der Waals surface area contributed by atoms with Crippen LogP contribution in [0.2, 0.25) is 0 Å². The minimum Gasteiger partial charge on any atom is -0.456 e.